The molecule has 2 heterocycles. The van der Waals surface area contributed by atoms with E-state index in [0.29, 0.717) is 18.4 Å². The molecule has 1 unspecified atom stereocenters. The molecule has 2 aromatic carbocycles. The molecule has 0 bridgehead atoms. The minimum Gasteiger partial charge on any atom is -0.497 e. The van der Waals surface area contributed by atoms with Gasteiger partial charge in [-0.3, -0.25) is 14.5 Å². The summed E-state index contributed by atoms with van der Waals surface area (Å²) in [5.74, 6) is 2.43. The van der Waals surface area contributed by atoms with Crippen molar-refractivity contribution in [2.45, 2.75) is 56.5 Å². The number of imide groups is 1. The van der Waals surface area contributed by atoms with Gasteiger partial charge in [0.1, 0.15) is 11.4 Å². The Kier molecular flexibility index (Phi) is 7.96. The fourth-order valence-electron chi connectivity index (χ4n) is 5.12. The van der Waals surface area contributed by atoms with Crippen LogP contribution in [0, 0.1) is 5.92 Å². The average molecular weight is 521 g/mol. The van der Waals surface area contributed by atoms with Gasteiger partial charge in [0.05, 0.1) is 25.1 Å². The zero-order chi connectivity index (χ0) is 25.8. The van der Waals surface area contributed by atoms with Crippen LogP contribution in [0.3, 0.4) is 0 Å². The molecule has 3 aromatic rings. The summed E-state index contributed by atoms with van der Waals surface area (Å²) in [6.45, 7) is 0.366. The molecule has 1 aliphatic heterocycles. The predicted molar refractivity (Wildman–Crippen MR) is 143 cm³/mol. The van der Waals surface area contributed by atoms with Crippen molar-refractivity contribution in [3.8, 4) is 28.5 Å². The number of hydrogen-bond donors (Lipinski definition) is 0. The van der Waals surface area contributed by atoms with E-state index in [9.17, 15) is 9.59 Å². The number of carbonyl (C=O) groups is 2. The van der Waals surface area contributed by atoms with E-state index in [0.717, 1.165) is 78.6 Å². The molecule has 194 valence electrons. The topological polar surface area (TPSA) is 81.9 Å². The number of oxazole rings is 1. The molecule has 8 heteroatoms. The van der Waals surface area contributed by atoms with E-state index in [1.807, 2.05) is 54.6 Å². The van der Waals surface area contributed by atoms with Crippen LogP contribution in [-0.4, -0.2) is 46.5 Å². The third kappa shape index (κ3) is 5.91. The maximum absolute atomic E-state index is 12.2. The van der Waals surface area contributed by atoms with Crippen molar-refractivity contribution in [3.05, 3.63) is 60.3 Å². The zero-order valence-corrected chi connectivity index (χ0v) is 22.0. The summed E-state index contributed by atoms with van der Waals surface area (Å²) in [4.78, 5) is 30.1. The molecule has 2 amide bonds. The molecule has 1 aliphatic carbocycles. The second kappa shape index (κ2) is 11.5. The Morgan fingerprint density at radius 2 is 1.86 bits per heavy atom. The van der Waals surface area contributed by atoms with Crippen LogP contribution in [0.25, 0.3) is 22.8 Å². The van der Waals surface area contributed by atoms with E-state index in [2.05, 4.69) is 0 Å². The van der Waals surface area contributed by atoms with Crippen molar-refractivity contribution in [1.82, 2.24) is 9.88 Å². The molecule has 2 fully saturated rings. The first-order valence-electron chi connectivity index (χ1n) is 12.8. The van der Waals surface area contributed by atoms with Crippen LogP contribution in [0.5, 0.6) is 5.75 Å². The van der Waals surface area contributed by atoms with Gasteiger partial charge in [-0.05, 0) is 49.8 Å². The van der Waals surface area contributed by atoms with Crippen LogP contribution in [0.2, 0.25) is 0 Å². The van der Waals surface area contributed by atoms with Crippen LogP contribution < -0.4 is 4.74 Å². The van der Waals surface area contributed by atoms with Gasteiger partial charge < -0.3 is 13.9 Å². The van der Waals surface area contributed by atoms with E-state index in [1.165, 1.54) is 4.90 Å². The van der Waals surface area contributed by atoms with Crippen molar-refractivity contribution in [2.75, 3.05) is 14.2 Å². The molecule has 3 atom stereocenters. The van der Waals surface area contributed by atoms with E-state index in [-0.39, 0.29) is 22.5 Å². The summed E-state index contributed by atoms with van der Waals surface area (Å²) >= 11 is 1.16. The number of nitrogens with zero attached hydrogens (tertiary/aromatic N) is 2. The van der Waals surface area contributed by atoms with Gasteiger partial charge in [0.25, 0.3) is 5.24 Å². The molecule has 7 nitrogen and oxygen atoms in total. The van der Waals surface area contributed by atoms with Crippen LogP contribution in [0.1, 0.15) is 44.2 Å². The first-order chi connectivity index (χ1) is 18.0. The van der Waals surface area contributed by atoms with Crippen molar-refractivity contribution in [2.24, 2.45) is 5.92 Å². The van der Waals surface area contributed by atoms with Gasteiger partial charge in [0, 0.05) is 18.2 Å². The molecule has 2 aliphatic rings. The van der Waals surface area contributed by atoms with Gasteiger partial charge in [-0.15, -0.1) is 0 Å². The summed E-state index contributed by atoms with van der Waals surface area (Å²) in [5, 5.41) is -0.382. The molecule has 37 heavy (non-hydrogen) atoms. The molecule has 0 spiro atoms. The third-order valence-corrected chi connectivity index (χ3v) is 8.40. The van der Waals surface area contributed by atoms with Gasteiger partial charge in [0.2, 0.25) is 11.8 Å². The number of carbonyl (C=O) groups excluding carboxylic acids is 2. The highest BCUT2D eigenvalue weighted by atomic mass is 32.2. The minimum absolute atomic E-state index is 0.0649. The molecule has 0 N–H and O–H groups in total. The monoisotopic (exact) mass is 520 g/mol. The van der Waals surface area contributed by atoms with Gasteiger partial charge in [-0.25, -0.2) is 4.98 Å². The van der Waals surface area contributed by atoms with Crippen LogP contribution in [0.4, 0.5) is 4.79 Å². The first-order valence-corrected chi connectivity index (χ1v) is 13.7. The lowest BCUT2D eigenvalue weighted by molar-refractivity contribution is -0.125. The van der Waals surface area contributed by atoms with Crippen LogP contribution >= 0.6 is 11.8 Å². The summed E-state index contributed by atoms with van der Waals surface area (Å²) < 4.78 is 18.0. The quantitative estimate of drug-likeness (QED) is 0.316. The lowest BCUT2D eigenvalue weighted by Gasteiger charge is -2.29. The smallest absolute Gasteiger partial charge is 0.288 e. The molecule has 1 saturated carbocycles. The summed E-state index contributed by atoms with van der Waals surface area (Å²) in [6.07, 6.45) is 6.00. The number of rotatable bonds is 9. The second-order valence-electron chi connectivity index (χ2n) is 9.71. The van der Waals surface area contributed by atoms with Crippen LogP contribution in [0.15, 0.2) is 59.0 Å². The Hall–Kier alpha value is -3.10. The standard InChI is InChI=1S/C29H32N2O5S/c1-31-28(32)25(37-29(31)33)15-14-19-8-6-13-23(16-19)35-18-24-26(20-9-4-3-5-10-20)36-27(30-24)21-11-7-12-22(17-21)34-2/h3-5,7,9-12,17,19,23,25H,6,8,13-16,18H2,1-2H3/t19-,23-,25?/m1/s1. The number of benzene rings is 2. The van der Waals surface area contributed by atoms with Gasteiger partial charge in [-0.1, -0.05) is 61.0 Å². The molecule has 1 aromatic heterocycles. The van der Waals surface area contributed by atoms with E-state index in [1.54, 1.807) is 14.2 Å². The summed E-state index contributed by atoms with van der Waals surface area (Å²) in [6, 6.07) is 17.7. The van der Waals surface area contributed by atoms with Crippen molar-refractivity contribution < 1.29 is 23.5 Å². The Labute approximate surface area is 221 Å². The number of thioether (sulfide) groups is 1. The maximum Gasteiger partial charge on any atom is 0.288 e. The molecule has 5 rings (SSSR count). The van der Waals surface area contributed by atoms with Crippen molar-refractivity contribution in [3.63, 3.8) is 0 Å². The normalized spacial score (nSPS) is 22.0. The number of methoxy groups -OCH3 is 1. The molecular formula is C29H32N2O5S. The lowest BCUT2D eigenvalue weighted by atomic mass is 9.84. The highest BCUT2D eigenvalue weighted by molar-refractivity contribution is 8.15. The Bertz CT molecular complexity index is 1240. The van der Waals surface area contributed by atoms with Crippen LogP contribution in [-0.2, 0) is 16.1 Å². The fourth-order valence-corrected chi connectivity index (χ4v) is 6.13. The largest absolute Gasteiger partial charge is 0.497 e. The number of aromatic nitrogens is 1. The highest BCUT2D eigenvalue weighted by Gasteiger charge is 2.37. The number of hydrogen-bond acceptors (Lipinski definition) is 7. The summed E-state index contributed by atoms with van der Waals surface area (Å²) in [7, 11) is 3.21. The van der Waals surface area contributed by atoms with Gasteiger partial charge >= 0.3 is 0 Å². The Balaban J connectivity index is 1.25. The van der Waals surface area contributed by atoms with Crippen molar-refractivity contribution >= 4 is 22.9 Å². The van der Waals surface area contributed by atoms with E-state index < -0.39 is 0 Å². The van der Waals surface area contributed by atoms with Gasteiger partial charge in [0.15, 0.2) is 5.76 Å². The zero-order valence-electron chi connectivity index (χ0n) is 21.2. The minimum atomic E-state index is -0.239. The molecule has 1 saturated heterocycles. The molecular weight excluding hydrogens is 488 g/mol. The highest BCUT2D eigenvalue weighted by Crippen LogP contribution is 2.36. The SMILES string of the molecule is COc1cccc(-c2nc(CO[C@@H]3CCC[C@H](CCC4SC(=O)N(C)C4=O)C3)c(-c3ccccc3)o2)c1. The lowest BCUT2D eigenvalue weighted by Crippen LogP contribution is -2.28. The average Bonchev–Trinajstić information content (AvgIpc) is 3.48. The number of ether oxygens (including phenoxy) is 2. The third-order valence-electron chi connectivity index (χ3n) is 7.20. The van der Waals surface area contributed by atoms with E-state index >= 15 is 0 Å². The number of amides is 2. The second-order valence-corrected chi connectivity index (χ2v) is 10.9. The maximum atomic E-state index is 12.2. The summed E-state index contributed by atoms with van der Waals surface area (Å²) in [5.41, 5.74) is 2.59. The predicted octanol–water partition coefficient (Wildman–Crippen LogP) is 6.57. The fraction of sp³-hybridized carbons (Fsp3) is 0.414. The van der Waals surface area contributed by atoms with Crippen molar-refractivity contribution in [1.29, 1.82) is 0 Å². The first kappa shape index (κ1) is 25.5. The Morgan fingerprint density at radius 1 is 1.05 bits per heavy atom. The molecule has 0 radical (unpaired) electrons. The van der Waals surface area contributed by atoms with Gasteiger partial charge in [-0.2, -0.15) is 0 Å². The Morgan fingerprint density at radius 3 is 2.62 bits per heavy atom. The van der Waals surface area contributed by atoms with E-state index in [4.69, 9.17) is 18.9 Å².